The Labute approximate surface area is 123 Å². The Bertz CT molecular complexity index is 577. The average Bonchev–Trinajstić information content (AvgIpc) is 2.62. The number of carbonyl (C=O) groups is 1. The summed E-state index contributed by atoms with van der Waals surface area (Å²) in [5.74, 6) is -0.0575. The first kappa shape index (κ1) is 13.5. The predicted octanol–water partition coefficient (Wildman–Crippen LogP) is 1.52. The second kappa shape index (κ2) is 4.53. The van der Waals surface area contributed by atoms with Crippen LogP contribution in [0.15, 0.2) is 12.1 Å². The van der Waals surface area contributed by atoms with Crippen molar-refractivity contribution in [2.75, 3.05) is 37.3 Å². The molecule has 2 aliphatic rings. The van der Waals surface area contributed by atoms with Gasteiger partial charge in [-0.1, -0.05) is 11.6 Å². The number of benzene rings is 1. The average molecular weight is 295 g/mol. The minimum Gasteiger partial charge on any atom is -0.398 e. The second-order valence-corrected chi connectivity index (χ2v) is 5.97. The number of rotatable bonds is 0. The van der Waals surface area contributed by atoms with Crippen LogP contribution in [0.2, 0.25) is 5.02 Å². The van der Waals surface area contributed by atoms with Gasteiger partial charge >= 0.3 is 0 Å². The van der Waals surface area contributed by atoms with Crippen LogP contribution in [0.1, 0.15) is 23.7 Å². The van der Waals surface area contributed by atoms with Crippen LogP contribution in [0, 0.1) is 0 Å². The molecule has 0 spiro atoms. The zero-order chi connectivity index (χ0) is 14.5. The van der Waals surface area contributed by atoms with Gasteiger partial charge in [0.25, 0.3) is 5.91 Å². The molecule has 1 atom stereocenters. The van der Waals surface area contributed by atoms with Crippen molar-refractivity contribution < 1.29 is 4.79 Å². The number of carbonyl (C=O) groups excluding carboxylic acids is 1. The van der Waals surface area contributed by atoms with E-state index >= 15 is 0 Å². The molecular formula is C14H19ClN4O. The molecule has 0 saturated carbocycles. The number of nitrogens with zero attached hydrogens (tertiary/aromatic N) is 2. The first-order chi connectivity index (χ1) is 9.47. The van der Waals surface area contributed by atoms with E-state index < -0.39 is 0 Å². The summed E-state index contributed by atoms with van der Waals surface area (Å²) in [4.78, 5) is 16.7. The number of anilines is 2. The fourth-order valence-corrected chi connectivity index (χ4v) is 3.38. The maximum atomic E-state index is 12.7. The highest BCUT2D eigenvalue weighted by atomic mass is 35.5. The Morgan fingerprint density at radius 2 is 2.15 bits per heavy atom. The van der Waals surface area contributed by atoms with E-state index in [-0.39, 0.29) is 11.6 Å². The van der Waals surface area contributed by atoms with Crippen molar-refractivity contribution in [3.63, 3.8) is 0 Å². The van der Waals surface area contributed by atoms with Crippen molar-refractivity contribution in [2.45, 2.75) is 19.0 Å². The predicted molar refractivity (Wildman–Crippen MR) is 81.2 cm³/mol. The molecule has 6 heteroatoms. The Kier molecular flexibility index (Phi) is 3.06. The number of hydrogen-bond donors (Lipinski definition) is 2. The Morgan fingerprint density at radius 1 is 1.40 bits per heavy atom. The van der Waals surface area contributed by atoms with Crippen LogP contribution in [0.5, 0.6) is 0 Å². The van der Waals surface area contributed by atoms with Gasteiger partial charge in [-0.05, 0) is 25.6 Å². The molecule has 1 aromatic rings. The van der Waals surface area contributed by atoms with Gasteiger partial charge in [0.2, 0.25) is 0 Å². The lowest BCUT2D eigenvalue weighted by Crippen LogP contribution is -2.63. The zero-order valence-corrected chi connectivity index (χ0v) is 12.5. The summed E-state index contributed by atoms with van der Waals surface area (Å²) in [6.45, 7) is 4.72. The fraction of sp³-hybridized carbons (Fsp3) is 0.500. The third-order valence-corrected chi connectivity index (χ3v) is 4.96. The highest BCUT2D eigenvalue weighted by molar-refractivity contribution is 6.37. The molecule has 20 heavy (non-hydrogen) atoms. The van der Waals surface area contributed by atoms with Gasteiger partial charge in [-0.15, -0.1) is 0 Å². The van der Waals surface area contributed by atoms with E-state index in [2.05, 4.69) is 17.1 Å². The van der Waals surface area contributed by atoms with Crippen LogP contribution < -0.4 is 16.0 Å². The van der Waals surface area contributed by atoms with Gasteiger partial charge in [-0.3, -0.25) is 4.79 Å². The summed E-state index contributed by atoms with van der Waals surface area (Å²) in [5.41, 5.74) is 7.38. The lowest BCUT2D eigenvalue weighted by atomic mass is 9.95. The molecule has 1 amide bonds. The Balaban J connectivity index is 2.23. The summed E-state index contributed by atoms with van der Waals surface area (Å²) in [5, 5.41) is 3.74. The topological polar surface area (TPSA) is 61.6 Å². The minimum absolute atomic E-state index is 0.0575. The van der Waals surface area contributed by atoms with Crippen molar-refractivity contribution in [3.8, 4) is 0 Å². The maximum Gasteiger partial charge on any atom is 0.259 e. The molecule has 0 aliphatic carbocycles. The normalized spacial score (nSPS) is 26.1. The standard InChI is InChI=1S/C14H19ClN4O/c1-14-5-6-17-7-8-19(14)10-4-3-9(16)12(15)11(10)13(20)18(14)2/h3-4,17H,5-8,16H2,1-2H3/t14-/m0/s1. The van der Waals surface area contributed by atoms with Crippen LogP contribution in [-0.4, -0.2) is 43.2 Å². The van der Waals surface area contributed by atoms with E-state index in [4.69, 9.17) is 17.3 Å². The fourth-order valence-electron chi connectivity index (χ4n) is 3.14. The second-order valence-electron chi connectivity index (χ2n) is 5.60. The lowest BCUT2D eigenvalue weighted by Gasteiger charge is -2.51. The molecule has 1 aromatic carbocycles. The number of halogens is 1. The highest BCUT2D eigenvalue weighted by Crippen LogP contribution is 2.42. The molecule has 0 aromatic heterocycles. The van der Waals surface area contributed by atoms with Gasteiger partial charge in [0.05, 0.1) is 22.0 Å². The minimum atomic E-state index is -0.326. The molecule has 1 fully saturated rings. The van der Waals surface area contributed by atoms with E-state index in [1.54, 1.807) is 11.0 Å². The first-order valence-electron chi connectivity index (χ1n) is 6.81. The van der Waals surface area contributed by atoms with Gasteiger partial charge < -0.3 is 20.9 Å². The van der Waals surface area contributed by atoms with Crippen molar-refractivity contribution >= 4 is 28.9 Å². The molecule has 3 rings (SSSR count). The van der Waals surface area contributed by atoms with Crippen LogP contribution >= 0.6 is 11.6 Å². The summed E-state index contributed by atoms with van der Waals surface area (Å²) in [6, 6.07) is 3.68. The molecule has 5 nitrogen and oxygen atoms in total. The summed E-state index contributed by atoms with van der Waals surface area (Å²) >= 11 is 6.27. The lowest BCUT2D eigenvalue weighted by molar-refractivity contribution is 0.0546. The number of hydrogen-bond acceptors (Lipinski definition) is 4. The van der Waals surface area contributed by atoms with Gasteiger partial charge in [0.1, 0.15) is 5.66 Å². The van der Waals surface area contributed by atoms with E-state index in [9.17, 15) is 4.79 Å². The molecule has 0 unspecified atom stereocenters. The van der Waals surface area contributed by atoms with E-state index in [1.807, 2.05) is 13.1 Å². The molecule has 3 N–H and O–H groups in total. The molecule has 1 saturated heterocycles. The van der Waals surface area contributed by atoms with Gasteiger partial charge in [-0.2, -0.15) is 0 Å². The van der Waals surface area contributed by atoms with Gasteiger partial charge in [0, 0.05) is 26.6 Å². The Morgan fingerprint density at radius 3 is 2.90 bits per heavy atom. The number of nitrogens with two attached hydrogens (primary N) is 1. The molecule has 108 valence electrons. The number of nitrogen functional groups attached to an aromatic ring is 1. The number of fused-ring (bicyclic) bond motifs is 3. The third-order valence-electron chi connectivity index (χ3n) is 4.55. The van der Waals surface area contributed by atoms with E-state index in [0.29, 0.717) is 16.3 Å². The number of nitrogens with one attached hydrogen (secondary N) is 1. The summed E-state index contributed by atoms with van der Waals surface area (Å²) < 4.78 is 0. The SMILES string of the molecule is CN1C(=O)c2c(ccc(N)c2Cl)N2CCNCC[C@@]12C. The van der Waals surface area contributed by atoms with Crippen LogP contribution in [0.3, 0.4) is 0 Å². The smallest absolute Gasteiger partial charge is 0.259 e. The van der Waals surface area contributed by atoms with E-state index in [0.717, 1.165) is 31.7 Å². The van der Waals surface area contributed by atoms with Gasteiger partial charge in [0.15, 0.2) is 0 Å². The quantitative estimate of drug-likeness (QED) is 0.712. The van der Waals surface area contributed by atoms with Crippen molar-refractivity contribution in [2.24, 2.45) is 0 Å². The number of amides is 1. The molecule has 0 radical (unpaired) electrons. The summed E-state index contributed by atoms with van der Waals surface area (Å²) in [7, 11) is 1.84. The van der Waals surface area contributed by atoms with Crippen LogP contribution in [0.25, 0.3) is 0 Å². The Hall–Kier alpha value is -1.46. The zero-order valence-electron chi connectivity index (χ0n) is 11.7. The highest BCUT2D eigenvalue weighted by Gasteiger charge is 2.46. The third kappa shape index (κ3) is 1.70. The van der Waals surface area contributed by atoms with Crippen LogP contribution in [-0.2, 0) is 0 Å². The van der Waals surface area contributed by atoms with Gasteiger partial charge in [-0.25, -0.2) is 0 Å². The first-order valence-corrected chi connectivity index (χ1v) is 7.19. The van der Waals surface area contributed by atoms with Crippen molar-refractivity contribution in [1.82, 2.24) is 10.2 Å². The van der Waals surface area contributed by atoms with Crippen LogP contribution in [0.4, 0.5) is 11.4 Å². The van der Waals surface area contributed by atoms with Crippen molar-refractivity contribution in [1.29, 1.82) is 0 Å². The molecular weight excluding hydrogens is 276 g/mol. The molecule has 2 aliphatic heterocycles. The van der Waals surface area contributed by atoms with E-state index in [1.165, 1.54) is 0 Å². The monoisotopic (exact) mass is 294 g/mol. The molecule has 2 heterocycles. The maximum absolute atomic E-state index is 12.7. The largest absolute Gasteiger partial charge is 0.398 e. The van der Waals surface area contributed by atoms with Crippen molar-refractivity contribution in [3.05, 3.63) is 22.7 Å². The molecule has 0 bridgehead atoms. The summed E-state index contributed by atoms with van der Waals surface area (Å²) in [6.07, 6.45) is 0.872.